The number of aromatic nitrogens is 8. The van der Waals surface area contributed by atoms with Gasteiger partial charge in [0.1, 0.15) is 46.7 Å². The van der Waals surface area contributed by atoms with Gasteiger partial charge in [-0.2, -0.15) is 0 Å². The summed E-state index contributed by atoms with van der Waals surface area (Å²) >= 11 is 0. The molecule has 0 saturated carbocycles. The van der Waals surface area contributed by atoms with E-state index in [0.717, 1.165) is 47.6 Å². The van der Waals surface area contributed by atoms with Crippen molar-refractivity contribution in [3.8, 4) is 23.0 Å². The second-order valence-electron chi connectivity index (χ2n) is 8.08. The van der Waals surface area contributed by atoms with Crippen molar-refractivity contribution in [1.29, 1.82) is 0 Å². The summed E-state index contributed by atoms with van der Waals surface area (Å²) < 4.78 is 4.32. The first-order chi connectivity index (χ1) is 15.9. The highest BCUT2D eigenvalue weighted by molar-refractivity contribution is 8.76. The fraction of sp³-hybridized carbons (Fsp3) is 0.500. The molecule has 166 valence electrons. The van der Waals surface area contributed by atoms with E-state index in [1.165, 1.54) is 38.5 Å². The van der Waals surface area contributed by atoms with Gasteiger partial charge >= 0.3 is 0 Å². The van der Waals surface area contributed by atoms with E-state index in [2.05, 4.69) is 49.3 Å². The number of imidazole rings is 2. The average molecular weight is 469 g/mol. The molecular formula is C20H24N10S2. The van der Waals surface area contributed by atoms with E-state index in [-0.39, 0.29) is 0 Å². The Balaban J connectivity index is 1.37. The van der Waals surface area contributed by atoms with Gasteiger partial charge in [-0.05, 0) is 60.1 Å². The lowest BCUT2D eigenvalue weighted by atomic mass is 10.2. The largest absolute Gasteiger partial charge is 0.311 e. The van der Waals surface area contributed by atoms with Crippen molar-refractivity contribution >= 4 is 21.6 Å². The van der Waals surface area contributed by atoms with Crippen LogP contribution in [-0.4, -0.2) is 65.4 Å². The number of hydrogen-bond acceptors (Lipinski definition) is 10. The Bertz CT molecular complexity index is 1040. The Kier molecular flexibility index (Phi) is 5.47. The first-order valence-electron chi connectivity index (χ1n) is 11.1. The third kappa shape index (κ3) is 3.64. The summed E-state index contributed by atoms with van der Waals surface area (Å²) in [6.07, 6.45) is 14.3. The van der Waals surface area contributed by atoms with E-state index in [4.69, 9.17) is 0 Å². The molecule has 10 nitrogen and oxygen atoms in total. The van der Waals surface area contributed by atoms with Gasteiger partial charge in [0.15, 0.2) is 11.6 Å². The minimum Gasteiger partial charge on any atom is -0.311 e. The highest BCUT2D eigenvalue weighted by Gasteiger charge is 2.26. The van der Waals surface area contributed by atoms with Crippen molar-refractivity contribution in [1.82, 2.24) is 39.3 Å². The zero-order valence-corrected chi connectivity index (χ0v) is 19.3. The van der Waals surface area contributed by atoms with Crippen molar-refractivity contribution in [2.45, 2.75) is 48.6 Å². The lowest BCUT2D eigenvalue weighted by Crippen LogP contribution is -2.40. The van der Waals surface area contributed by atoms with Gasteiger partial charge in [-0.15, -0.1) is 0 Å². The first kappa shape index (κ1) is 20.0. The van der Waals surface area contributed by atoms with E-state index >= 15 is 0 Å². The standard InChI is InChI=1S/C20H24N10S2/c1-3-7-27(8-4-1)29-13-25-17-15(21-11-23-17)19(29)31-32-20-16-18(24-12-22-16)26-14-30(20)28-9-5-2-6-10-28/h11-14H,1-10H2. The van der Waals surface area contributed by atoms with Gasteiger partial charge in [-0.25, -0.2) is 39.3 Å². The van der Waals surface area contributed by atoms with Crippen LogP contribution in [0.3, 0.4) is 0 Å². The fourth-order valence-corrected chi connectivity index (χ4v) is 6.86. The predicted octanol–water partition coefficient (Wildman–Crippen LogP) is 2.91. The molecule has 0 aromatic rings. The minimum absolute atomic E-state index is 0.679. The van der Waals surface area contributed by atoms with Gasteiger partial charge in [0.25, 0.3) is 0 Å². The zero-order chi connectivity index (χ0) is 21.3. The predicted molar refractivity (Wildman–Crippen MR) is 124 cm³/mol. The van der Waals surface area contributed by atoms with Crippen molar-refractivity contribution in [2.75, 3.05) is 36.2 Å². The van der Waals surface area contributed by atoms with Crippen molar-refractivity contribution in [3.05, 3.63) is 25.3 Å². The summed E-state index contributed by atoms with van der Waals surface area (Å²) in [7, 11) is 3.35. The third-order valence-electron chi connectivity index (χ3n) is 6.03. The molecule has 0 N–H and O–H groups in total. The highest BCUT2D eigenvalue weighted by Crippen LogP contribution is 2.44. The first-order valence-corrected chi connectivity index (χ1v) is 13.2. The average Bonchev–Trinajstić information content (AvgIpc) is 3.53. The van der Waals surface area contributed by atoms with Gasteiger partial charge in [0.2, 0.25) is 0 Å². The summed E-state index contributed by atoms with van der Waals surface area (Å²) in [5.74, 6) is 1.36. The monoisotopic (exact) mass is 468 g/mol. The van der Waals surface area contributed by atoms with E-state index in [1.54, 1.807) is 34.2 Å². The van der Waals surface area contributed by atoms with E-state index < -0.39 is 0 Å². The Labute approximate surface area is 193 Å². The molecule has 12 heteroatoms. The molecule has 6 heterocycles. The number of fused-ring (bicyclic) bond motifs is 2. The smallest absolute Gasteiger partial charge is 0.184 e. The molecule has 0 unspecified atom stereocenters. The molecule has 0 amide bonds. The molecule has 0 radical (unpaired) electrons. The third-order valence-corrected chi connectivity index (χ3v) is 8.39. The summed E-state index contributed by atoms with van der Waals surface area (Å²) in [5, 5.41) is 6.79. The molecule has 0 spiro atoms. The molecule has 6 rings (SSSR count). The highest BCUT2D eigenvalue weighted by atomic mass is 33.1. The lowest BCUT2D eigenvalue weighted by molar-refractivity contribution is 0.453. The summed E-state index contributed by atoms with van der Waals surface area (Å²) in [6.45, 7) is 4.08. The van der Waals surface area contributed by atoms with Crippen LogP contribution in [0.1, 0.15) is 38.5 Å². The molecule has 0 aromatic heterocycles. The maximum absolute atomic E-state index is 4.54. The maximum Gasteiger partial charge on any atom is 0.184 e. The number of piperidine rings is 2. The normalized spacial score (nSPS) is 17.5. The van der Waals surface area contributed by atoms with Crippen LogP contribution in [0, 0.1) is 0 Å². The van der Waals surface area contributed by atoms with Crippen LogP contribution in [0.25, 0.3) is 23.0 Å². The Hall–Kier alpha value is -2.60. The van der Waals surface area contributed by atoms with Crippen LogP contribution < -0.4 is 10.0 Å². The van der Waals surface area contributed by atoms with E-state index in [9.17, 15) is 0 Å². The molecule has 0 atom stereocenters. The molecule has 0 aromatic carbocycles. The molecular weight excluding hydrogens is 444 g/mol. The van der Waals surface area contributed by atoms with Crippen LogP contribution in [-0.2, 0) is 0 Å². The quantitative estimate of drug-likeness (QED) is 0.321. The molecule has 0 bridgehead atoms. The second-order valence-corrected chi connectivity index (χ2v) is 10.2. The Morgan fingerprint density at radius 1 is 0.531 bits per heavy atom. The van der Waals surface area contributed by atoms with Crippen LogP contribution in [0.4, 0.5) is 0 Å². The van der Waals surface area contributed by atoms with Gasteiger partial charge in [0, 0.05) is 26.2 Å². The topological polar surface area (TPSA) is 93.7 Å². The summed E-state index contributed by atoms with van der Waals surface area (Å²) in [4.78, 5) is 26.8. The number of rotatable bonds is 5. The molecule has 2 fully saturated rings. The molecule has 6 aliphatic rings. The van der Waals surface area contributed by atoms with Crippen molar-refractivity contribution in [2.24, 2.45) is 0 Å². The molecule has 0 aliphatic carbocycles. The van der Waals surface area contributed by atoms with Crippen molar-refractivity contribution < 1.29 is 0 Å². The van der Waals surface area contributed by atoms with Crippen LogP contribution in [0.15, 0.2) is 35.4 Å². The van der Waals surface area contributed by atoms with E-state index in [1.807, 2.05) is 12.7 Å². The number of hydrogen-bond donors (Lipinski definition) is 0. The zero-order valence-electron chi connectivity index (χ0n) is 17.7. The number of nitrogens with zero attached hydrogens (tertiary/aromatic N) is 10. The van der Waals surface area contributed by atoms with Gasteiger partial charge in [0.05, 0.1) is 0 Å². The van der Waals surface area contributed by atoms with Crippen LogP contribution >= 0.6 is 21.6 Å². The van der Waals surface area contributed by atoms with Gasteiger partial charge in [-0.3, -0.25) is 0 Å². The summed E-state index contributed by atoms with van der Waals surface area (Å²) in [5.41, 5.74) is 1.66. The van der Waals surface area contributed by atoms with E-state index in [0.29, 0.717) is 11.6 Å². The SMILES string of the molecule is c1nc2ncn(N3CCCCC3)c(SSc3c4ncnc-4ncn3N3CCCCC3)c-2n1. The Morgan fingerprint density at radius 2 is 0.969 bits per heavy atom. The van der Waals surface area contributed by atoms with Gasteiger partial charge < -0.3 is 10.0 Å². The fourth-order valence-electron chi connectivity index (χ4n) is 4.37. The second kappa shape index (κ2) is 8.74. The minimum atomic E-state index is 0.679. The molecule has 2 saturated heterocycles. The van der Waals surface area contributed by atoms with Crippen molar-refractivity contribution in [3.63, 3.8) is 0 Å². The molecule has 32 heavy (non-hydrogen) atoms. The van der Waals surface area contributed by atoms with Crippen LogP contribution in [0.2, 0.25) is 0 Å². The Morgan fingerprint density at radius 3 is 1.41 bits per heavy atom. The molecule has 6 aliphatic heterocycles. The maximum atomic E-state index is 4.54. The lowest BCUT2D eigenvalue weighted by Gasteiger charge is -2.33. The van der Waals surface area contributed by atoms with Crippen LogP contribution in [0.5, 0.6) is 0 Å². The summed E-state index contributed by atoms with van der Waals surface area (Å²) in [6, 6.07) is 0. The van der Waals surface area contributed by atoms with Gasteiger partial charge in [-0.1, -0.05) is 0 Å².